The first-order valence-corrected chi connectivity index (χ1v) is 7.62. The molecule has 4 nitrogen and oxygen atoms in total. The van der Waals surface area contributed by atoms with Crippen molar-refractivity contribution in [1.82, 2.24) is 14.9 Å². The Bertz CT molecular complexity index is 624. The number of fused-ring (bicyclic) bond motifs is 1. The number of benzene rings is 1. The van der Waals surface area contributed by atoms with Crippen LogP contribution in [-0.4, -0.2) is 28.0 Å². The molecule has 0 bridgehead atoms. The summed E-state index contributed by atoms with van der Waals surface area (Å²) in [7, 11) is 0. The van der Waals surface area contributed by atoms with Crippen LogP contribution in [0.4, 0.5) is 5.82 Å². The van der Waals surface area contributed by atoms with Crippen LogP contribution in [-0.2, 0) is 19.5 Å². The Morgan fingerprint density at radius 3 is 2.81 bits per heavy atom. The summed E-state index contributed by atoms with van der Waals surface area (Å²) in [6, 6.07) is 10.7. The Balaban J connectivity index is 1.73. The summed E-state index contributed by atoms with van der Waals surface area (Å²) in [4.78, 5) is 11.6. The summed E-state index contributed by atoms with van der Waals surface area (Å²) in [6.45, 7) is 7.87. The zero-order valence-corrected chi connectivity index (χ0v) is 12.8. The topological polar surface area (TPSA) is 41.1 Å². The lowest BCUT2D eigenvalue weighted by Crippen LogP contribution is -2.30. The van der Waals surface area contributed by atoms with Gasteiger partial charge in [-0.3, -0.25) is 4.90 Å². The molecule has 1 aromatic carbocycles. The van der Waals surface area contributed by atoms with E-state index >= 15 is 0 Å². The number of hydrogen-bond acceptors (Lipinski definition) is 4. The second kappa shape index (κ2) is 6.22. The van der Waals surface area contributed by atoms with Crippen LogP contribution >= 0.6 is 0 Å². The average Bonchev–Trinajstić information content (AvgIpc) is 2.47. The number of aryl methyl sites for hydroxylation is 1. The van der Waals surface area contributed by atoms with Gasteiger partial charge in [0, 0.05) is 31.4 Å². The molecule has 0 aliphatic carbocycles. The zero-order chi connectivity index (χ0) is 14.7. The van der Waals surface area contributed by atoms with Crippen LogP contribution in [0, 0.1) is 6.92 Å². The van der Waals surface area contributed by atoms with Gasteiger partial charge in [-0.25, -0.2) is 9.97 Å². The SMILES string of the molecule is CCNc1cc(C)nc(CN2CCc3ccccc3C2)n1. The molecule has 21 heavy (non-hydrogen) atoms. The second-order valence-electron chi connectivity index (χ2n) is 5.57. The highest BCUT2D eigenvalue weighted by molar-refractivity contribution is 5.35. The smallest absolute Gasteiger partial charge is 0.144 e. The summed E-state index contributed by atoms with van der Waals surface area (Å²) in [5.74, 6) is 1.84. The van der Waals surface area contributed by atoms with Gasteiger partial charge in [-0.2, -0.15) is 0 Å². The highest BCUT2D eigenvalue weighted by atomic mass is 15.2. The van der Waals surface area contributed by atoms with Crippen molar-refractivity contribution >= 4 is 5.82 Å². The monoisotopic (exact) mass is 282 g/mol. The van der Waals surface area contributed by atoms with Gasteiger partial charge in [0.1, 0.15) is 11.6 Å². The van der Waals surface area contributed by atoms with Gasteiger partial charge in [0.15, 0.2) is 0 Å². The number of aromatic nitrogens is 2. The van der Waals surface area contributed by atoms with Crippen molar-refractivity contribution in [2.75, 3.05) is 18.4 Å². The molecule has 3 rings (SSSR count). The van der Waals surface area contributed by atoms with Crippen LogP contribution in [0.2, 0.25) is 0 Å². The molecular weight excluding hydrogens is 260 g/mol. The first kappa shape index (κ1) is 14.0. The Hall–Kier alpha value is -1.94. The van der Waals surface area contributed by atoms with Gasteiger partial charge >= 0.3 is 0 Å². The lowest BCUT2D eigenvalue weighted by molar-refractivity contribution is 0.239. The molecule has 110 valence electrons. The highest BCUT2D eigenvalue weighted by Gasteiger charge is 2.17. The highest BCUT2D eigenvalue weighted by Crippen LogP contribution is 2.19. The number of rotatable bonds is 4. The first-order valence-electron chi connectivity index (χ1n) is 7.62. The van der Waals surface area contributed by atoms with Gasteiger partial charge in [-0.1, -0.05) is 24.3 Å². The molecule has 0 saturated carbocycles. The van der Waals surface area contributed by atoms with E-state index in [1.165, 1.54) is 11.1 Å². The molecule has 0 saturated heterocycles. The van der Waals surface area contributed by atoms with Crippen LogP contribution < -0.4 is 5.32 Å². The molecule has 1 aliphatic rings. The predicted molar refractivity (Wildman–Crippen MR) is 85.2 cm³/mol. The van der Waals surface area contributed by atoms with Gasteiger partial charge in [0.25, 0.3) is 0 Å². The molecule has 0 amide bonds. The standard InChI is InChI=1S/C17H22N4/c1-3-18-16-10-13(2)19-17(20-16)12-21-9-8-14-6-4-5-7-15(14)11-21/h4-7,10H,3,8-9,11-12H2,1-2H3,(H,18,19,20). The summed E-state index contributed by atoms with van der Waals surface area (Å²) in [5, 5.41) is 3.27. The fourth-order valence-electron chi connectivity index (χ4n) is 2.86. The van der Waals surface area contributed by atoms with Gasteiger partial charge in [0.05, 0.1) is 6.54 Å². The molecule has 1 aliphatic heterocycles. The largest absolute Gasteiger partial charge is 0.370 e. The number of nitrogens with one attached hydrogen (secondary N) is 1. The Morgan fingerprint density at radius 1 is 1.19 bits per heavy atom. The number of hydrogen-bond donors (Lipinski definition) is 1. The number of anilines is 1. The van der Waals surface area contributed by atoms with E-state index in [0.29, 0.717) is 0 Å². The minimum absolute atomic E-state index is 0.814. The van der Waals surface area contributed by atoms with E-state index in [0.717, 1.165) is 49.9 Å². The molecule has 1 N–H and O–H groups in total. The molecule has 0 unspecified atom stereocenters. The Labute approximate surface area is 126 Å². The summed E-state index contributed by atoms with van der Waals surface area (Å²) < 4.78 is 0. The van der Waals surface area contributed by atoms with Crippen molar-refractivity contribution in [2.45, 2.75) is 33.4 Å². The fourth-order valence-corrected chi connectivity index (χ4v) is 2.86. The van der Waals surface area contributed by atoms with Crippen molar-refractivity contribution in [3.8, 4) is 0 Å². The van der Waals surface area contributed by atoms with Crippen LogP contribution in [0.25, 0.3) is 0 Å². The van der Waals surface area contributed by atoms with E-state index in [1.54, 1.807) is 0 Å². The molecular formula is C17H22N4. The van der Waals surface area contributed by atoms with Crippen LogP contribution in [0.15, 0.2) is 30.3 Å². The van der Waals surface area contributed by atoms with Gasteiger partial charge in [0.2, 0.25) is 0 Å². The minimum atomic E-state index is 0.814. The van der Waals surface area contributed by atoms with E-state index in [4.69, 9.17) is 0 Å². The third-order valence-corrected chi connectivity index (χ3v) is 3.83. The summed E-state index contributed by atoms with van der Waals surface area (Å²) in [5.41, 5.74) is 3.93. The Kier molecular flexibility index (Phi) is 4.15. The third kappa shape index (κ3) is 3.39. The van der Waals surface area contributed by atoms with Gasteiger partial charge in [-0.15, -0.1) is 0 Å². The van der Waals surface area contributed by atoms with Crippen LogP contribution in [0.3, 0.4) is 0 Å². The van der Waals surface area contributed by atoms with Crippen molar-refractivity contribution in [3.63, 3.8) is 0 Å². The zero-order valence-electron chi connectivity index (χ0n) is 12.8. The third-order valence-electron chi connectivity index (χ3n) is 3.83. The minimum Gasteiger partial charge on any atom is -0.370 e. The van der Waals surface area contributed by atoms with Crippen molar-refractivity contribution in [1.29, 1.82) is 0 Å². The molecule has 0 radical (unpaired) electrons. The maximum absolute atomic E-state index is 4.61. The molecule has 2 heterocycles. The quantitative estimate of drug-likeness (QED) is 0.936. The molecule has 0 fully saturated rings. The van der Waals surface area contributed by atoms with Crippen molar-refractivity contribution in [2.24, 2.45) is 0 Å². The van der Waals surface area contributed by atoms with Crippen LogP contribution in [0.1, 0.15) is 29.6 Å². The van der Waals surface area contributed by atoms with Crippen LogP contribution in [0.5, 0.6) is 0 Å². The van der Waals surface area contributed by atoms with E-state index in [-0.39, 0.29) is 0 Å². The average molecular weight is 282 g/mol. The van der Waals surface area contributed by atoms with E-state index < -0.39 is 0 Å². The van der Waals surface area contributed by atoms with Gasteiger partial charge in [-0.05, 0) is 31.4 Å². The first-order chi connectivity index (χ1) is 10.2. The van der Waals surface area contributed by atoms with Crippen molar-refractivity contribution < 1.29 is 0 Å². The lowest BCUT2D eigenvalue weighted by atomic mass is 10.00. The fraction of sp³-hybridized carbons (Fsp3) is 0.412. The van der Waals surface area contributed by atoms with Gasteiger partial charge < -0.3 is 5.32 Å². The van der Waals surface area contributed by atoms with E-state index in [1.807, 2.05) is 13.0 Å². The number of nitrogens with zero attached hydrogens (tertiary/aromatic N) is 3. The molecule has 0 atom stereocenters. The second-order valence-corrected chi connectivity index (χ2v) is 5.57. The summed E-state index contributed by atoms with van der Waals surface area (Å²) in [6.07, 6.45) is 1.11. The van der Waals surface area contributed by atoms with E-state index in [2.05, 4.69) is 51.4 Å². The molecule has 1 aromatic heterocycles. The van der Waals surface area contributed by atoms with Crippen molar-refractivity contribution in [3.05, 3.63) is 53.0 Å². The predicted octanol–water partition coefficient (Wildman–Crippen LogP) is 2.78. The molecule has 0 spiro atoms. The summed E-state index contributed by atoms with van der Waals surface area (Å²) >= 11 is 0. The normalized spacial score (nSPS) is 14.8. The molecule has 2 aromatic rings. The maximum atomic E-state index is 4.61. The van der Waals surface area contributed by atoms with E-state index in [9.17, 15) is 0 Å². The lowest BCUT2D eigenvalue weighted by Gasteiger charge is -2.28. The Morgan fingerprint density at radius 2 is 2.00 bits per heavy atom. The maximum Gasteiger partial charge on any atom is 0.144 e. The molecule has 4 heteroatoms.